The first kappa shape index (κ1) is 23.8. The number of rotatable bonds is 6. The van der Waals surface area contributed by atoms with Crippen LogP contribution in [0.4, 0.5) is 0 Å². The molecule has 1 aliphatic heterocycles. The van der Waals surface area contributed by atoms with Gasteiger partial charge in [-0.3, -0.25) is 0 Å². The molecule has 3 fully saturated rings. The zero-order valence-corrected chi connectivity index (χ0v) is 22.5. The molecule has 2 aromatic rings. The molecule has 0 N–H and O–H groups in total. The average molecular weight is 485 g/mol. The van der Waals surface area contributed by atoms with Crippen LogP contribution in [0.25, 0.3) is 10.4 Å². The predicted octanol–water partition coefficient (Wildman–Crippen LogP) is 7.62. The summed E-state index contributed by atoms with van der Waals surface area (Å²) < 4.78 is 9.20. The van der Waals surface area contributed by atoms with Crippen LogP contribution in [-0.4, -0.2) is 35.6 Å². The van der Waals surface area contributed by atoms with E-state index in [1.165, 1.54) is 76.5 Å². The molecule has 0 amide bonds. The molecule has 3 nitrogen and oxygen atoms in total. The topological polar surface area (TPSA) is 25.4 Å². The van der Waals surface area contributed by atoms with E-state index in [-0.39, 0.29) is 5.41 Å². The van der Waals surface area contributed by atoms with Gasteiger partial charge in [-0.25, -0.2) is 9.29 Å². The zero-order chi connectivity index (χ0) is 23.1. The zero-order valence-electron chi connectivity index (χ0n) is 20.9. The molecule has 0 spiro atoms. The number of aromatic nitrogens is 1. The van der Waals surface area contributed by atoms with Crippen LogP contribution in [0, 0.1) is 5.92 Å². The van der Waals surface area contributed by atoms with Gasteiger partial charge >= 0.3 is 0 Å². The van der Waals surface area contributed by atoms with E-state index in [0.717, 1.165) is 38.6 Å². The highest BCUT2D eigenvalue weighted by molar-refractivity contribution is 7.98. The Kier molecular flexibility index (Phi) is 6.96. The summed E-state index contributed by atoms with van der Waals surface area (Å²) in [4.78, 5) is 6.70. The minimum atomic E-state index is 0.148. The lowest BCUT2D eigenvalue weighted by atomic mass is 9.82. The van der Waals surface area contributed by atoms with Crippen molar-refractivity contribution in [2.75, 3.05) is 26.3 Å². The Balaban J connectivity index is 1.52. The third-order valence-corrected chi connectivity index (χ3v) is 10.1. The summed E-state index contributed by atoms with van der Waals surface area (Å²) in [5, 5.41) is 0. The second kappa shape index (κ2) is 9.64. The average Bonchev–Trinajstić information content (AvgIpc) is 3.44. The highest BCUT2D eigenvalue weighted by atomic mass is 32.2. The number of morpholine rings is 1. The van der Waals surface area contributed by atoms with Gasteiger partial charge in [0.2, 0.25) is 0 Å². The smallest absolute Gasteiger partial charge is 0.165 e. The van der Waals surface area contributed by atoms with Gasteiger partial charge in [-0.2, -0.15) is 0 Å². The van der Waals surface area contributed by atoms with Crippen LogP contribution >= 0.6 is 23.3 Å². The second-order valence-electron chi connectivity index (χ2n) is 11.7. The van der Waals surface area contributed by atoms with Crippen LogP contribution in [-0.2, 0) is 22.0 Å². The fraction of sp³-hybridized carbons (Fsp3) is 0.679. The van der Waals surface area contributed by atoms with Gasteiger partial charge in [-0.15, -0.1) is 11.3 Å². The molecule has 5 heteroatoms. The summed E-state index contributed by atoms with van der Waals surface area (Å²) in [7, 11) is 0. The van der Waals surface area contributed by atoms with Gasteiger partial charge < -0.3 is 4.74 Å². The minimum Gasteiger partial charge on any atom is -0.379 e. The largest absolute Gasteiger partial charge is 0.379 e. The number of ether oxygens (including phenoxy) is 1. The predicted molar refractivity (Wildman–Crippen MR) is 141 cm³/mol. The quantitative estimate of drug-likeness (QED) is 0.394. The SMILES string of the molecule is CC(C)(C)c1cc(-c2sc(SN3CCOCC3)nc2CC2CCCCC2)cc(C2(C)CC2)c1. The first-order valence-corrected chi connectivity index (χ1v) is 14.6. The van der Waals surface area contributed by atoms with Crippen molar-refractivity contribution < 1.29 is 4.74 Å². The first-order valence-electron chi connectivity index (χ1n) is 13.0. The van der Waals surface area contributed by atoms with E-state index >= 15 is 0 Å². The minimum absolute atomic E-state index is 0.148. The van der Waals surface area contributed by atoms with Crippen LogP contribution < -0.4 is 0 Å². The van der Waals surface area contributed by atoms with Gasteiger partial charge in [-0.1, -0.05) is 65.9 Å². The fourth-order valence-electron chi connectivity index (χ4n) is 5.16. The molecule has 33 heavy (non-hydrogen) atoms. The van der Waals surface area contributed by atoms with E-state index in [1.807, 2.05) is 23.3 Å². The van der Waals surface area contributed by atoms with Gasteiger partial charge in [-0.05, 0) is 76.8 Å². The molecule has 1 saturated heterocycles. The van der Waals surface area contributed by atoms with E-state index < -0.39 is 0 Å². The monoisotopic (exact) mass is 484 g/mol. The summed E-state index contributed by atoms with van der Waals surface area (Å²) in [6.45, 7) is 13.1. The molecule has 2 heterocycles. The normalized spacial score (nSPS) is 21.9. The first-order chi connectivity index (χ1) is 15.8. The Morgan fingerprint density at radius 3 is 2.48 bits per heavy atom. The van der Waals surface area contributed by atoms with Gasteiger partial charge in [0.25, 0.3) is 0 Å². The summed E-state index contributed by atoms with van der Waals surface area (Å²) in [6, 6.07) is 7.46. The molecule has 0 bridgehead atoms. The molecular weight excluding hydrogens is 444 g/mol. The Morgan fingerprint density at radius 2 is 1.82 bits per heavy atom. The Labute approximate surface area is 208 Å². The Morgan fingerprint density at radius 1 is 1.09 bits per heavy atom. The maximum atomic E-state index is 5.56. The fourth-order valence-corrected chi connectivity index (χ4v) is 7.39. The van der Waals surface area contributed by atoms with E-state index in [2.05, 4.69) is 50.2 Å². The summed E-state index contributed by atoms with van der Waals surface area (Å²) in [5.41, 5.74) is 6.26. The molecule has 0 radical (unpaired) electrons. The molecule has 3 aliphatic rings. The van der Waals surface area contributed by atoms with Crippen molar-refractivity contribution in [2.45, 2.75) is 94.2 Å². The number of nitrogens with zero attached hydrogens (tertiary/aromatic N) is 2. The number of benzene rings is 1. The van der Waals surface area contributed by atoms with Crippen LogP contribution in [0.1, 0.15) is 89.5 Å². The second-order valence-corrected chi connectivity index (χ2v) is 14.0. The molecule has 5 rings (SSSR count). The van der Waals surface area contributed by atoms with E-state index in [4.69, 9.17) is 9.72 Å². The van der Waals surface area contributed by atoms with Crippen molar-refractivity contribution >= 4 is 23.3 Å². The van der Waals surface area contributed by atoms with Crippen molar-refractivity contribution in [3.63, 3.8) is 0 Å². The van der Waals surface area contributed by atoms with Gasteiger partial charge in [0.05, 0.1) is 23.8 Å². The number of hydrogen-bond donors (Lipinski definition) is 0. The lowest BCUT2D eigenvalue weighted by Crippen LogP contribution is -2.30. The molecule has 180 valence electrons. The lowest BCUT2D eigenvalue weighted by molar-refractivity contribution is 0.0773. The number of hydrogen-bond acceptors (Lipinski definition) is 5. The van der Waals surface area contributed by atoms with E-state index in [0.29, 0.717) is 5.41 Å². The van der Waals surface area contributed by atoms with Crippen molar-refractivity contribution in [2.24, 2.45) is 5.92 Å². The molecule has 0 unspecified atom stereocenters. The van der Waals surface area contributed by atoms with Crippen LogP contribution in [0.5, 0.6) is 0 Å². The van der Waals surface area contributed by atoms with E-state index in [9.17, 15) is 0 Å². The van der Waals surface area contributed by atoms with Crippen LogP contribution in [0.2, 0.25) is 0 Å². The molecule has 2 saturated carbocycles. The van der Waals surface area contributed by atoms with Gasteiger partial charge in [0.1, 0.15) is 0 Å². The van der Waals surface area contributed by atoms with Gasteiger partial charge in [0.15, 0.2) is 4.34 Å². The van der Waals surface area contributed by atoms with Gasteiger partial charge in [0, 0.05) is 13.1 Å². The third-order valence-electron chi connectivity index (χ3n) is 7.82. The Bertz CT molecular complexity index is 937. The van der Waals surface area contributed by atoms with E-state index in [1.54, 1.807) is 0 Å². The van der Waals surface area contributed by atoms with Crippen LogP contribution in [0.3, 0.4) is 0 Å². The highest BCUT2D eigenvalue weighted by Crippen LogP contribution is 2.50. The maximum absolute atomic E-state index is 5.56. The van der Waals surface area contributed by atoms with Crippen molar-refractivity contribution in [1.29, 1.82) is 0 Å². The van der Waals surface area contributed by atoms with Crippen LogP contribution in [0.15, 0.2) is 22.5 Å². The highest BCUT2D eigenvalue weighted by Gasteiger charge is 2.40. The standard InChI is InChI=1S/C28H40N2OS2/c1-27(2,3)22-17-21(18-23(19-22)28(4)10-11-28)25-24(16-20-8-6-5-7-9-20)29-26(32-25)33-30-12-14-31-15-13-30/h17-20H,5-16H2,1-4H3. The van der Waals surface area contributed by atoms with Crippen molar-refractivity contribution in [3.8, 4) is 10.4 Å². The van der Waals surface area contributed by atoms with Crippen molar-refractivity contribution in [1.82, 2.24) is 9.29 Å². The lowest BCUT2D eigenvalue weighted by Gasteiger charge is -2.24. The summed E-state index contributed by atoms with van der Waals surface area (Å²) >= 11 is 3.77. The maximum Gasteiger partial charge on any atom is 0.165 e. The Hall–Kier alpha value is -0.880. The van der Waals surface area contributed by atoms with Crippen molar-refractivity contribution in [3.05, 3.63) is 35.0 Å². The summed E-state index contributed by atoms with van der Waals surface area (Å²) in [5.74, 6) is 0.798. The molecule has 2 aliphatic carbocycles. The third kappa shape index (κ3) is 5.69. The molecular formula is C28H40N2OS2. The molecule has 1 aromatic heterocycles. The molecule has 1 aromatic carbocycles. The summed E-state index contributed by atoms with van der Waals surface area (Å²) in [6.07, 6.45) is 10.7. The number of thiazole rings is 1. The molecule has 0 atom stereocenters.